The summed E-state index contributed by atoms with van der Waals surface area (Å²) >= 11 is 5.67. The minimum absolute atomic E-state index is 0.0175. The molecule has 6 aromatic carbocycles. The Morgan fingerprint density at radius 3 is 1.65 bits per heavy atom. The molecule has 4 aliphatic rings. The van der Waals surface area contributed by atoms with Gasteiger partial charge in [-0.15, -0.1) is 0 Å². The molecule has 0 saturated heterocycles. The maximum atomic E-state index is 7.13. The van der Waals surface area contributed by atoms with E-state index in [1.165, 1.54) is 79.4 Å². The first-order valence-electron chi connectivity index (χ1n) is 15.8. The molecular weight excluding hydrogens is 617 g/mol. The highest BCUT2D eigenvalue weighted by Crippen LogP contribution is 2.63. The number of fused-ring (bicyclic) bond motifs is 12. The number of para-hydroxylation sites is 1. The molecule has 0 spiro atoms. The highest BCUT2D eigenvalue weighted by atomic mass is 32.2. The normalized spacial score (nSPS) is 16.5. The van der Waals surface area contributed by atoms with Gasteiger partial charge < -0.3 is 4.74 Å². The van der Waals surface area contributed by atoms with Gasteiger partial charge >= 0.3 is 0 Å². The van der Waals surface area contributed by atoms with E-state index in [4.69, 9.17) is 4.74 Å². The second-order valence-electron chi connectivity index (χ2n) is 13.6. The van der Waals surface area contributed by atoms with E-state index in [1.54, 1.807) is 0 Å². The first-order valence-corrected chi connectivity index (χ1v) is 18.3. The van der Waals surface area contributed by atoms with Gasteiger partial charge in [0.25, 0.3) is 0 Å². The number of hydrogen-bond acceptors (Lipinski definition) is 4. The summed E-state index contributed by atoms with van der Waals surface area (Å²) < 4.78 is 7.13. The summed E-state index contributed by atoms with van der Waals surface area (Å²) in [5.41, 5.74) is 13.2. The molecule has 46 heavy (non-hydrogen) atoms. The summed E-state index contributed by atoms with van der Waals surface area (Å²) in [6.07, 6.45) is 0. The van der Waals surface area contributed by atoms with Gasteiger partial charge in [0.2, 0.25) is 0 Å². The van der Waals surface area contributed by atoms with Crippen molar-refractivity contribution in [1.29, 1.82) is 0 Å². The van der Waals surface area contributed by atoms with Crippen LogP contribution in [0.4, 0.5) is 0 Å². The molecule has 4 heteroatoms. The summed E-state index contributed by atoms with van der Waals surface area (Å²) in [5, 5.41) is 0. The van der Waals surface area contributed by atoms with Gasteiger partial charge in [0.05, 0.1) is 9.79 Å². The third-order valence-corrected chi connectivity index (χ3v) is 14.2. The molecule has 10 rings (SSSR count). The zero-order valence-corrected chi connectivity index (χ0v) is 28.5. The van der Waals surface area contributed by atoms with Crippen molar-refractivity contribution in [3.05, 3.63) is 131 Å². The topological polar surface area (TPSA) is 9.23 Å². The van der Waals surface area contributed by atoms with Crippen LogP contribution in [0.3, 0.4) is 0 Å². The number of rotatable bonds is 1. The Labute approximate surface area is 282 Å². The number of ether oxygens (including phenoxy) is 1. The van der Waals surface area contributed by atoms with E-state index in [0.29, 0.717) is 0 Å². The number of benzene rings is 6. The Morgan fingerprint density at radius 2 is 0.913 bits per heavy atom. The van der Waals surface area contributed by atoms with Gasteiger partial charge in [0.15, 0.2) is 0 Å². The average molecular weight is 647 g/mol. The average Bonchev–Trinajstić information content (AvgIpc) is 3.46. The standard InChI is InChI=1S/C42H30OS3/c1-41(2)27-15-7-5-11-25(27)35-29(41)19-21-32-38(35)43-37-23(13-9-17-31(37)44-32)24-14-10-18-33-39(24)46-40-34(45-33)22-20-30-36(40)26-12-6-8-16-28(26)42(30,3)4/h5-22H,1-4H3. The van der Waals surface area contributed by atoms with E-state index in [1.807, 2.05) is 35.3 Å². The van der Waals surface area contributed by atoms with Gasteiger partial charge in [0.1, 0.15) is 11.5 Å². The third-order valence-electron chi connectivity index (χ3n) is 10.4. The van der Waals surface area contributed by atoms with Crippen molar-refractivity contribution in [1.82, 2.24) is 0 Å². The smallest absolute Gasteiger partial charge is 0.149 e. The van der Waals surface area contributed by atoms with Crippen LogP contribution in [0.25, 0.3) is 33.4 Å². The van der Waals surface area contributed by atoms with Crippen LogP contribution in [0.1, 0.15) is 49.9 Å². The molecule has 0 unspecified atom stereocenters. The molecule has 222 valence electrons. The molecule has 0 N–H and O–H groups in total. The van der Waals surface area contributed by atoms with Crippen molar-refractivity contribution in [2.24, 2.45) is 0 Å². The Hall–Kier alpha value is -3.83. The quantitative estimate of drug-likeness (QED) is 0.175. The zero-order chi connectivity index (χ0) is 30.9. The highest BCUT2D eigenvalue weighted by Gasteiger charge is 2.41. The summed E-state index contributed by atoms with van der Waals surface area (Å²) in [6.45, 7) is 9.39. The van der Waals surface area contributed by atoms with Gasteiger partial charge in [-0.1, -0.05) is 148 Å². The maximum Gasteiger partial charge on any atom is 0.149 e. The van der Waals surface area contributed by atoms with Crippen molar-refractivity contribution in [3.63, 3.8) is 0 Å². The Balaban J connectivity index is 1.13. The lowest BCUT2D eigenvalue weighted by molar-refractivity contribution is 0.457. The van der Waals surface area contributed by atoms with Gasteiger partial charge in [-0.3, -0.25) is 0 Å². The maximum absolute atomic E-state index is 7.13. The van der Waals surface area contributed by atoms with Gasteiger partial charge in [-0.2, -0.15) is 0 Å². The summed E-state index contributed by atoms with van der Waals surface area (Å²) in [4.78, 5) is 7.68. The lowest BCUT2D eigenvalue weighted by atomic mass is 9.82. The molecule has 0 fully saturated rings. The molecule has 2 aliphatic heterocycles. The molecular formula is C42H30OS3. The van der Waals surface area contributed by atoms with Crippen LogP contribution in [0.5, 0.6) is 11.5 Å². The van der Waals surface area contributed by atoms with E-state index in [-0.39, 0.29) is 10.8 Å². The zero-order valence-electron chi connectivity index (χ0n) is 26.0. The van der Waals surface area contributed by atoms with Crippen molar-refractivity contribution < 1.29 is 4.74 Å². The van der Waals surface area contributed by atoms with Crippen LogP contribution in [0.2, 0.25) is 0 Å². The van der Waals surface area contributed by atoms with E-state index < -0.39 is 0 Å². The first-order chi connectivity index (χ1) is 22.3. The van der Waals surface area contributed by atoms with Crippen LogP contribution in [-0.2, 0) is 10.8 Å². The van der Waals surface area contributed by atoms with Gasteiger partial charge in [0, 0.05) is 52.7 Å². The second kappa shape index (κ2) is 9.38. The molecule has 0 bridgehead atoms. The van der Waals surface area contributed by atoms with Crippen LogP contribution >= 0.6 is 35.3 Å². The van der Waals surface area contributed by atoms with Crippen molar-refractivity contribution >= 4 is 35.3 Å². The van der Waals surface area contributed by atoms with E-state index >= 15 is 0 Å². The molecule has 1 nitrogen and oxygen atoms in total. The molecule has 6 aromatic rings. The van der Waals surface area contributed by atoms with E-state index in [2.05, 4.69) is 137 Å². The second-order valence-corrected chi connectivity index (χ2v) is 16.8. The largest absolute Gasteiger partial charge is 0.454 e. The fourth-order valence-corrected chi connectivity index (χ4v) is 11.7. The third kappa shape index (κ3) is 3.53. The predicted molar refractivity (Wildman–Crippen MR) is 192 cm³/mol. The molecule has 0 radical (unpaired) electrons. The Bertz CT molecular complexity index is 2170. The Kier molecular flexibility index (Phi) is 5.56. The fourth-order valence-electron chi connectivity index (χ4n) is 8.12. The van der Waals surface area contributed by atoms with Gasteiger partial charge in [-0.05, 0) is 57.6 Å². The van der Waals surface area contributed by atoms with Crippen molar-refractivity contribution in [3.8, 4) is 44.9 Å². The monoisotopic (exact) mass is 646 g/mol. The number of hydrogen-bond donors (Lipinski definition) is 0. The molecule has 0 saturated carbocycles. The summed E-state index contributed by atoms with van der Waals surface area (Å²) in [7, 11) is 0. The van der Waals surface area contributed by atoms with E-state index in [9.17, 15) is 0 Å². The minimum Gasteiger partial charge on any atom is -0.454 e. The highest BCUT2D eigenvalue weighted by molar-refractivity contribution is 8.05. The van der Waals surface area contributed by atoms with Crippen molar-refractivity contribution in [2.75, 3.05) is 0 Å². The molecule has 0 aromatic heterocycles. The molecule has 2 aliphatic carbocycles. The van der Waals surface area contributed by atoms with Crippen LogP contribution in [0, 0.1) is 0 Å². The predicted octanol–water partition coefficient (Wildman–Crippen LogP) is 12.8. The lowest BCUT2D eigenvalue weighted by Crippen LogP contribution is -2.15. The van der Waals surface area contributed by atoms with Crippen LogP contribution in [-0.4, -0.2) is 0 Å². The minimum atomic E-state index is -0.0675. The lowest BCUT2D eigenvalue weighted by Gasteiger charge is -2.28. The van der Waals surface area contributed by atoms with Crippen molar-refractivity contribution in [2.45, 2.75) is 67.9 Å². The SMILES string of the molecule is CC1(C)c2ccccc2-c2c1ccc1c2Oc2c(cccc2-c2cccc3c2Sc2c(ccc4c2-c2ccccc2C4(C)C)S3)S1. The molecule has 0 amide bonds. The van der Waals surface area contributed by atoms with E-state index in [0.717, 1.165) is 17.1 Å². The summed E-state index contributed by atoms with van der Waals surface area (Å²) in [6, 6.07) is 40.5. The van der Waals surface area contributed by atoms with Crippen LogP contribution < -0.4 is 4.74 Å². The fraction of sp³-hybridized carbons (Fsp3) is 0.143. The van der Waals surface area contributed by atoms with Gasteiger partial charge in [-0.25, -0.2) is 0 Å². The first kappa shape index (κ1) is 27.3. The van der Waals surface area contributed by atoms with Crippen LogP contribution in [0.15, 0.2) is 139 Å². The Morgan fingerprint density at radius 1 is 0.391 bits per heavy atom. The summed E-state index contributed by atoms with van der Waals surface area (Å²) in [5.74, 6) is 1.96. The molecule has 0 atom stereocenters. The molecule has 2 heterocycles.